The van der Waals surface area contributed by atoms with Crippen LogP contribution in [0.4, 0.5) is 0 Å². The van der Waals surface area contributed by atoms with Crippen molar-refractivity contribution in [2.75, 3.05) is 6.61 Å². The van der Waals surface area contributed by atoms with E-state index in [4.69, 9.17) is 0 Å². The molecule has 0 amide bonds. The maximum atomic E-state index is 13.2. The van der Waals surface area contributed by atoms with E-state index in [1.165, 1.54) is 64.2 Å². The van der Waals surface area contributed by atoms with Gasteiger partial charge in [-0.05, 0) is 90.8 Å². The summed E-state index contributed by atoms with van der Waals surface area (Å²) in [7, 11) is 0. The number of rotatable bonds is 6. The van der Waals surface area contributed by atoms with Crippen LogP contribution in [0.5, 0.6) is 0 Å². The SMILES string of the molecule is CC(CO)C(C)CC[C@@H](C)[C@H]1CC[C@H]2[C@@H]3CC(=O)C4CCCC[C@]4(C)[C@H]3CC[C@]12C. The van der Waals surface area contributed by atoms with E-state index in [9.17, 15) is 9.90 Å². The van der Waals surface area contributed by atoms with E-state index in [1.807, 2.05) is 0 Å². The molecule has 0 heterocycles. The summed E-state index contributed by atoms with van der Waals surface area (Å²) in [4.78, 5) is 13.2. The van der Waals surface area contributed by atoms with E-state index < -0.39 is 0 Å². The van der Waals surface area contributed by atoms with Gasteiger partial charge in [-0.2, -0.15) is 0 Å². The molecule has 0 spiro atoms. The van der Waals surface area contributed by atoms with E-state index in [0.29, 0.717) is 46.9 Å². The van der Waals surface area contributed by atoms with Crippen molar-refractivity contribution in [1.82, 2.24) is 0 Å². The zero-order valence-corrected chi connectivity index (χ0v) is 20.5. The third kappa shape index (κ3) is 3.61. The third-order valence-electron chi connectivity index (χ3n) is 11.5. The Labute approximate surface area is 186 Å². The van der Waals surface area contributed by atoms with Gasteiger partial charge in [-0.3, -0.25) is 4.79 Å². The fourth-order valence-electron chi connectivity index (χ4n) is 9.26. The molecule has 4 aliphatic rings. The summed E-state index contributed by atoms with van der Waals surface area (Å²) in [5.74, 6) is 5.87. The molecular weight excluding hydrogens is 368 g/mol. The molecule has 0 aromatic rings. The minimum atomic E-state index is 0.305. The van der Waals surface area contributed by atoms with Gasteiger partial charge in [0.2, 0.25) is 0 Å². The predicted octanol–water partition coefficient (Wildman–Crippen LogP) is 6.90. The van der Waals surface area contributed by atoms with E-state index in [0.717, 1.165) is 30.1 Å². The molecule has 10 atom stereocenters. The lowest BCUT2D eigenvalue weighted by Gasteiger charge is -2.60. The van der Waals surface area contributed by atoms with Gasteiger partial charge in [0.05, 0.1) is 0 Å². The predicted molar refractivity (Wildman–Crippen MR) is 124 cm³/mol. The summed E-state index contributed by atoms with van der Waals surface area (Å²) in [5, 5.41) is 9.48. The van der Waals surface area contributed by atoms with Crippen molar-refractivity contribution < 1.29 is 9.90 Å². The van der Waals surface area contributed by atoms with Crippen LogP contribution < -0.4 is 0 Å². The molecule has 2 heteroatoms. The van der Waals surface area contributed by atoms with Crippen molar-refractivity contribution in [3.8, 4) is 0 Å². The standard InChI is InChI=1S/C28H48O2/c1-18(20(3)17-29)9-10-19(2)22-11-12-23-21-16-26(30)25-8-6-7-14-27(25,4)24(21)13-15-28(22,23)5/h18-25,29H,6-17H2,1-5H3/t18?,19-,20?,21+,22-,23+,24+,25?,27-,28-/m1/s1. The number of carbonyl (C=O) groups is 1. The number of Topliss-reactive ketones (excluding diaryl/α,β-unsaturated/α-hetero) is 1. The average Bonchev–Trinajstić information content (AvgIpc) is 3.08. The molecule has 4 aliphatic carbocycles. The molecule has 4 rings (SSSR count). The van der Waals surface area contributed by atoms with Gasteiger partial charge in [-0.25, -0.2) is 0 Å². The van der Waals surface area contributed by atoms with Crippen LogP contribution in [0.3, 0.4) is 0 Å². The number of ketones is 1. The van der Waals surface area contributed by atoms with Crippen LogP contribution in [-0.2, 0) is 4.79 Å². The van der Waals surface area contributed by atoms with Crippen LogP contribution in [-0.4, -0.2) is 17.5 Å². The van der Waals surface area contributed by atoms with E-state index >= 15 is 0 Å². The summed E-state index contributed by atoms with van der Waals surface area (Å²) in [6.45, 7) is 12.4. The first-order valence-corrected chi connectivity index (χ1v) is 13.4. The lowest BCUT2D eigenvalue weighted by molar-refractivity contribution is -0.154. The monoisotopic (exact) mass is 416 g/mol. The summed E-state index contributed by atoms with van der Waals surface area (Å²) in [5.41, 5.74) is 0.754. The Kier molecular flexibility index (Phi) is 6.48. The average molecular weight is 417 g/mol. The second-order valence-corrected chi connectivity index (χ2v) is 12.8. The van der Waals surface area contributed by atoms with Crippen molar-refractivity contribution in [2.45, 2.75) is 105 Å². The largest absolute Gasteiger partial charge is 0.396 e. The summed E-state index contributed by atoms with van der Waals surface area (Å²) in [6.07, 6.45) is 14.0. The normalized spacial score (nSPS) is 46.5. The highest BCUT2D eigenvalue weighted by atomic mass is 16.3. The number of carbonyl (C=O) groups excluding carboxylic acids is 1. The van der Waals surface area contributed by atoms with Gasteiger partial charge in [0.1, 0.15) is 5.78 Å². The van der Waals surface area contributed by atoms with Gasteiger partial charge >= 0.3 is 0 Å². The van der Waals surface area contributed by atoms with Crippen molar-refractivity contribution in [2.24, 2.45) is 58.2 Å². The Hall–Kier alpha value is -0.370. The van der Waals surface area contributed by atoms with E-state index in [2.05, 4.69) is 34.6 Å². The molecule has 0 aromatic carbocycles. The summed E-state index contributed by atoms with van der Waals surface area (Å²) >= 11 is 0. The molecule has 0 aliphatic heterocycles. The first kappa shape index (κ1) is 22.8. The Morgan fingerprint density at radius 2 is 1.63 bits per heavy atom. The zero-order chi connectivity index (χ0) is 21.7. The zero-order valence-electron chi connectivity index (χ0n) is 20.5. The molecule has 0 bridgehead atoms. The Morgan fingerprint density at radius 1 is 0.900 bits per heavy atom. The van der Waals surface area contributed by atoms with Gasteiger partial charge in [0, 0.05) is 18.9 Å². The van der Waals surface area contributed by atoms with Crippen LogP contribution in [0.1, 0.15) is 105 Å². The van der Waals surface area contributed by atoms with Crippen molar-refractivity contribution in [3.63, 3.8) is 0 Å². The third-order valence-corrected chi connectivity index (χ3v) is 11.5. The summed E-state index contributed by atoms with van der Waals surface area (Å²) < 4.78 is 0. The molecule has 2 nitrogen and oxygen atoms in total. The molecule has 0 radical (unpaired) electrons. The molecule has 0 aromatic heterocycles. The number of aliphatic hydroxyl groups is 1. The summed E-state index contributed by atoms with van der Waals surface area (Å²) in [6, 6.07) is 0. The molecular formula is C28H48O2. The van der Waals surface area contributed by atoms with Crippen LogP contribution in [0.25, 0.3) is 0 Å². The van der Waals surface area contributed by atoms with Gasteiger partial charge < -0.3 is 5.11 Å². The van der Waals surface area contributed by atoms with Crippen LogP contribution >= 0.6 is 0 Å². The van der Waals surface area contributed by atoms with E-state index in [-0.39, 0.29) is 0 Å². The highest BCUT2D eigenvalue weighted by molar-refractivity contribution is 5.83. The Morgan fingerprint density at radius 3 is 2.37 bits per heavy atom. The fraction of sp³-hybridized carbons (Fsp3) is 0.964. The second kappa shape index (κ2) is 8.53. The topological polar surface area (TPSA) is 37.3 Å². The molecule has 4 fully saturated rings. The minimum Gasteiger partial charge on any atom is -0.396 e. The lowest BCUT2D eigenvalue weighted by Crippen LogP contribution is -2.56. The minimum absolute atomic E-state index is 0.305. The van der Waals surface area contributed by atoms with E-state index in [1.54, 1.807) is 0 Å². The highest BCUT2D eigenvalue weighted by Gasteiger charge is 2.61. The maximum absolute atomic E-state index is 13.2. The van der Waals surface area contributed by atoms with Crippen molar-refractivity contribution in [1.29, 1.82) is 0 Å². The highest BCUT2D eigenvalue weighted by Crippen LogP contribution is 2.67. The molecule has 4 saturated carbocycles. The van der Waals surface area contributed by atoms with Crippen LogP contribution in [0.15, 0.2) is 0 Å². The molecule has 1 N–H and O–H groups in total. The molecule has 30 heavy (non-hydrogen) atoms. The van der Waals surface area contributed by atoms with Crippen LogP contribution in [0.2, 0.25) is 0 Å². The fourth-order valence-corrected chi connectivity index (χ4v) is 9.26. The number of fused-ring (bicyclic) bond motifs is 5. The Balaban J connectivity index is 1.47. The molecule has 3 unspecified atom stereocenters. The molecule has 172 valence electrons. The van der Waals surface area contributed by atoms with Gasteiger partial charge in [0.15, 0.2) is 0 Å². The van der Waals surface area contributed by atoms with Crippen molar-refractivity contribution >= 4 is 5.78 Å². The number of hydrogen-bond donors (Lipinski definition) is 1. The molecule has 0 saturated heterocycles. The Bertz CT molecular complexity index is 628. The van der Waals surface area contributed by atoms with Gasteiger partial charge in [-0.15, -0.1) is 0 Å². The number of aliphatic hydroxyl groups excluding tert-OH is 1. The van der Waals surface area contributed by atoms with Crippen LogP contribution in [0, 0.1) is 58.2 Å². The van der Waals surface area contributed by atoms with Gasteiger partial charge in [0.25, 0.3) is 0 Å². The van der Waals surface area contributed by atoms with Gasteiger partial charge in [-0.1, -0.05) is 60.3 Å². The second-order valence-electron chi connectivity index (χ2n) is 12.8. The smallest absolute Gasteiger partial charge is 0.136 e. The lowest BCUT2D eigenvalue weighted by atomic mass is 9.44. The maximum Gasteiger partial charge on any atom is 0.136 e. The first-order valence-electron chi connectivity index (χ1n) is 13.4. The number of hydrogen-bond acceptors (Lipinski definition) is 2. The van der Waals surface area contributed by atoms with Crippen molar-refractivity contribution in [3.05, 3.63) is 0 Å². The quantitative estimate of drug-likeness (QED) is 0.511. The first-order chi connectivity index (χ1) is 14.2.